The highest BCUT2D eigenvalue weighted by Crippen LogP contribution is 2.22. The van der Waals surface area contributed by atoms with Crippen LogP contribution in [0.5, 0.6) is 5.75 Å². The Hall–Kier alpha value is -1.42. The Kier molecular flexibility index (Phi) is 6.65. The highest BCUT2D eigenvalue weighted by molar-refractivity contribution is 8.00. The number of rotatable bonds is 6. The lowest BCUT2D eigenvalue weighted by Gasteiger charge is -2.17. The molecular weight excluding hydrogens is 270 g/mol. The van der Waals surface area contributed by atoms with Crippen LogP contribution in [0, 0.1) is 0 Å². The van der Waals surface area contributed by atoms with Crippen LogP contribution in [0.1, 0.15) is 26.3 Å². The van der Waals surface area contributed by atoms with Crippen LogP contribution in [0.15, 0.2) is 30.3 Å². The molecule has 0 aliphatic rings. The second-order valence-electron chi connectivity index (χ2n) is 5.33. The Morgan fingerprint density at radius 2 is 2.05 bits per heavy atom. The molecule has 0 radical (unpaired) electrons. The highest BCUT2D eigenvalue weighted by Gasteiger charge is 2.09. The lowest BCUT2D eigenvalue weighted by molar-refractivity contribution is -0.116. The van der Waals surface area contributed by atoms with E-state index in [-0.39, 0.29) is 10.7 Å². The van der Waals surface area contributed by atoms with Crippen molar-refractivity contribution in [2.75, 3.05) is 19.4 Å². The number of para-hydroxylation sites is 1. The van der Waals surface area contributed by atoms with Crippen molar-refractivity contribution in [2.24, 2.45) is 0 Å². The van der Waals surface area contributed by atoms with E-state index in [2.05, 4.69) is 26.1 Å². The Morgan fingerprint density at radius 1 is 1.35 bits per heavy atom. The molecule has 0 fully saturated rings. The summed E-state index contributed by atoms with van der Waals surface area (Å²) in [5.74, 6) is 1.60. The fourth-order valence-electron chi connectivity index (χ4n) is 1.56. The van der Waals surface area contributed by atoms with Gasteiger partial charge in [0.05, 0.1) is 7.11 Å². The Labute approximate surface area is 125 Å². The second-order valence-corrected chi connectivity index (χ2v) is 7.25. The topological polar surface area (TPSA) is 38.3 Å². The molecule has 0 atom stereocenters. The molecule has 1 amide bonds. The molecule has 0 saturated carbocycles. The number of amides is 1. The van der Waals surface area contributed by atoms with Crippen LogP contribution in [-0.2, 0) is 4.79 Å². The molecule has 0 heterocycles. The lowest BCUT2D eigenvalue weighted by atomic mass is 10.2. The molecule has 1 rings (SSSR count). The van der Waals surface area contributed by atoms with Gasteiger partial charge in [0.15, 0.2) is 0 Å². The van der Waals surface area contributed by atoms with Gasteiger partial charge < -0.3 is 10.1 Å². The fraction of sp³-hybridized carbons (Fsp3) is 0.438. The van der Waals surface area contributed by atoms with Crippen LogP contribution < -0.4 is 10.1 Å². The Bertz CT molecular complexity index is 464. The zero-order valence-electron chi connectivity index (χ0n) is 12.6. The van der Waals surface area contributed by atoms with E-state index in [1.54, 1.807) is 19.3 Å². The highest BCUT2D eigenvalue weighted by atomic mass is 32.2. The second kappa shape index (κ2) is 8.00. The van der Waals surface area contributed by atoms with Crippen molar-refractivity contribution in [3.8, 4) is 5.75 Å². The predicted molar refractivity (Wildman–Crippen MR) is 87.2 cm³/mol. The summed E-state index contributed by atoms with van der Waals surface area (Å²) in [5.41, 5.74) is 0.897. The first-order valence-electron chi connectivity index (χ1n) is 6.65. The molecule has 0 spiro atoms. The molecule has 0 aliphatic carbocycles. The number of carbonyl (C=O) groups excluding carboxylic acids is 1. The summed E-state index contributed by atoms with van der Waals surface area (Å²) in [4.78, 5) is 11.7. The van der Waals surface area contributed by atoms with Gasteiger partial charge in [-0.2, -0.15) is 11.8 Å². The molecule has 0 aliphatic heterocycles. The van der Waals surface area contributed by atoms with Crippen molar-refractivity contribution >= 4 is 23.7 Å². The Morgan fingerprint density at radius 3 is 2.70 bits per heavy atom. The number of carbonyl (C=O) groups is 1. The number of ether oxygens (including phenoxy) is 1. The maximum atomic E-state index is 11.7. The third-order valence-electron chi connectivity index (χ3n) is 2.49. The molecule has 4 heteroatoms. The van der Waals surface area contributed by atoms with Crippen LogP contribution >= 0.6 is 11.8 Å². The summed E-state index contributed by atoms with van der Waals surface area (Å²) >= 11 is 1.84. The van der Waals surface area contributed by atoms with Crippen molar-refractivity contribution in [3.05, 3.63) is 35.9 Å². The van der Waals surface area contributed by atoms with Crippen LogP contribution in [0.4, 0.5) is 0 Å². The average Bonchev–Trinajstić information content (AvgIpc) is 2.40. The normalized spacial score (nSPS) is 11.6. The zero-order valence-corrected chi connectivity index (χ0v) is 13.4. The zero-order chi connectivity index (χ0) is 15.0. The number of benzene rings is 1. The maximum absolute atomic E-state index is 11.7. The summed E-state index contributed by atoms with van der Waals surface area (Å²) in [5, 5.41) is 2.88. The first-order valence-corrected chi connectivity index (χ1v) is 7.64. The molecule has 110 valence electrons. The predicted octanol–water partition coefficient (Wildman–Crippen LogP) is 3.36. The molecule has 1 aromatic carbocycles. The minimum absolute atomic E-state index is 0.0783. The van der Waals surface area contributed by atoms with E-state index in [4.69, 9.17) is 4.74 Å². The minimum Gasteiger partial charge on any atom is -0.496 e. The van der Waals surface area contributed by atoms with Gasteiger partial charge in [-0.3, -0.25) is 4.79 Å². The number of hydrogen-bond donors (Lipinski definition) is 1. The fourth-order valence-corrected chi connectivity index (χ4v) is 2.38. The number of thioether (sulfide) groups is 1. The average molecular weight is 293 g/mol. The van der Waals surface area contributed by atoms with Gasteiger partial charge in [0.1, 0.15) is 5.75 Å². The van der Waals surface area contributed by atoms with E-state index in [1.165, 1.54) is 0 Å². The minimum atomic E-state index is -0.0783. The molecule has 1 N–H and O–H groups in total. The van der Waals surface area contributed by atoms with Crippen molar-refractivity contribution in [1.82, 2.24) is 5.32 Å². The van der Waals surface area contributed by atoms with Crippen molar-refractivity contribution < 1.29 is 9.53 Å². The summed E-state index contributed by atoms with van der Waals surface area (Å²) in [6.45, 7) is 7.18. The van der Waals surface area contributed by atoms with Gasteiger partial charge in [0.25, 0.3) is 0 Å². The van der Waals surface area contributed by atoms with E-state index in [1.807, 2.05) is 36.0 Å². The van der Waals surface area contributed by atoms with Gasteiger partial charge >= 0.3 is 0 Å². The molecule has 0 saturated heterocycles. The number of hydrogen-bond acceptors (Lipinski definition) is 3. The first kappa shape index (κ1) is 16.6. The molecule has 0 aromatic heterocycles. The summed E-state index contributed by atoms with van der Waals surface area (Å²) < 4.78 is 5.46. The largest absolute Gasteiger partial charge is 0.496 e. The summed E-state index contributed by atoms with van der Waals surface area (Å²) in [7, 11) is 1.62. The molecular formula is C16H23NO2S. The van der Waals surface area contributed by atoms with E-state index in [0.29, 0.717) is 6.54 Å². The standard InChI is InChI=1S/C16H23NO2S/c1-16(2,3)20-12-11-17-15(18)10-9-13-7-5-6-8-14(13)19-4/h5-10H,11-12H2,1-4H3,(H,17,18)/b10-9+. The van der Waals surface area contributed by atoms with Gasteiger partial charge in [-0.15, -0.1) is 0 Å². The number of nitrogens with one attached hydrogen (secondary N) is 1. The van der Waals surface area contributed by atoms with Gasteiger partial charge in [0.2, 0.25) is 5.91 Å². The molecule has 0 bridgehead atoms. The quantitative estimate of drug-likeness (QED) is 0.645. The van der Waals surface area contributed by atoms with E-state index in [9.17, 15) is 4.79 Å². The van der Waals surface area contributed by atoms with Crippen LogP contribution in [-0.4, -0.2) is 30.1 Å². The smallest absolute Gasteiger partial charge is 0.244 e. The van der Waals surface area contributed by atoms with E-state index >= 15 is 0 Å². The third-order valence-corrected chi connectivity index (χ3v) is 3.76. The Balaban J connectivity index is 2.40. The van der Waals surface area contributed by atoms with Gasteiger partial charge in [-0.05, 0) is 12.1 Å². The van der Waals surface area contributed by atoms with Gasteiger partial charge in [-0.25, -0.2) is 0 Å². The number of methoxy groups -OCH3 is 1. The van der Waals surface area contributed by atoms with Crippen molar-refractivity contribution in [2.45, 2.75) is 25.5 Å². The third kappa shape index (κ3) is 6.66. The van der Waals surface area contributed by atoms with Crippen molar-refractivity contribution in [1.29, 1.82) is 0 Å². The molecule has 3 nitrogen and oxygen atoms in total. The van der Waals surface area contributed by atoms with Crippen LogP contribution in [0.3, 0.4) is 0 Å². The maximum Gasteiger partial charge on any atom is 0.244 e. The summed E-state index contributed by atoms with van der Waals surface area (Å²) in [6.07, 6.45) is 3.31. The van der Waals surface area contributed by atoms with E-state index < -0.39 is 0 Å². The van der Waals surface area contributed by atoms with Crippen molar-refractivity contribution in [3.63, 3.8) is 0 Å². The molecule has 20 heavy (non-hydrogen) atoms. The molecule has 1 aromatic rings. The summed E-state index contributed by atoms with van der Waals surface area (Å²) in [6, 6.07) is 7.61. The van der Waals surface area contributed by atoms with Crippen LogP contribution in [0.25, 0.3) is 6.08 Å². The van der Waals surface area contributed by atoms with Gasteiger partial charge in [0, 0.05) is 28.7 Å². The lowest BCUT2D eigenvalue weighted by Crippen LogP contribution is -2.25. The first-order chi connectivity index (χ1) is 9.42. The van der Waals surface area contributed by atoms with E-state index in [0.717, 1.165) is 17.1 Å². The SMILES string of the molecule is COc1ccccc1/C=C/C(=O)NCCSC(C)(C)C. The molecule has 0 unspecified atom stereocenters. The monoisotopic (exact) mass is 293 g/mol. The van der Waals surface area contributed by atoms with Crippen LogP contribution in [0.2, 0.25) is 0 Å². The van der Waals surface area contributed by atoms with Gasteiger partial charge in [-0.1, -0.05) is 39.0 Å².